The topological polar surface area (TPSA) is 47.3 Å². The summed E-state index contributed by atoms with van der Waals surface area (Å²) in [5.41, 5.74) is 8.30. The van der Waals surface area contributed by atoms with Crippen LogP contribution in [0.4, 0.5) is 17.1 Å². The van der Waals surface area contributed by atoms with Gasteiger partial charge in [0.15, 0.2) is 0 Å². The van der Waals surface area contributed by atoms with E-state index in [1.54, 1.807) is 13.2 Å². The number of nitrogen functional groups attached to an aromatic ring is 1. The van der Waals surface area contributed by atoms with Gasteiger partial charge in [-0.1, -0.05) is 18.2 Å². The lowest BCUT2D eigenvalue weighted by Gasteiger charge is -2.11. The van der Waals surface area contributed by atoms with Crippen molar-refractivity contribution in [2.24, 2.45) is 0 Å². The van der Waals surface area contributed by atoms with Crippen LogP contribution in [0.15, 0.2) is 48.5 Å². The minimum atomic E-state index is 0.690. The van der Waals surface area contributed by atoms with Gasteiger partial charge in [-0.25, -0.2) is 0 Å². The second-order valence-corrected chi connectivity index (χ2v) is 3.45. The van der Waals surface area contributed by atoms with E-state index >= 15 is 0 Å². The van der Waals surface area contributed by atoms with Gasteiger partial charge in [0, 0.05) is 17.4 Å². The Morgan fingerprint density at radius 1 is 1.06 bits per heavy atom. The van der Waals surface area contributed by atoms with Crippen LogP contribution < -0.4 is 15.8 Å². The summed E-state index contributed by atoms with van der Waals surface area (Å²) in [6.45, 7) is 0. The van der Waals surface area contributed by atoms with Crippen molar-refractivity contribution >= 4 is 17.1 Å². The van der Waals surface area contributed by atoms with Gasteiger partial charge >= 0.3 is 0 Å². The Balaban J connectivity index is 2.28. The molecule has 3 nitrogen and oxygen atoms in total. The molecule has 0 fully saturated rings. The molecule has 0 aliphatic carbocycles. The van der Waals surface area contributed by atoms with Gasteiger partial charge in [0.25, 0.3) is 0 Å². The number of methoxy groups -OCH3 is 1. The highest BCUT2D eigenvalue weighted by Gasteiger charge is 2.02. The summed E-state index contributed by atoms with van der Waals surface area (Å²) in [6, 6.07) is 15.5. The van der Waals surface area contributed by atoms with Crippen molar-refractivity contribution in [3.63, 3.8) is 0 Å². The molecule has 3 N–H and O–H groups in total. The van der Waals surface area contributed by atoms with E-state index in [0.717, 1.165) is 17.1 Å². The summed E-state index contributed by atoms with van der Waals surface area (Å²) in [7, 11) is 1.63. The van der Waals surface area contributed by atoms with Crippen LogP contribution in [-0.2, 0) is 0 Å². The van der Waals surface area contributed by atoms with Gasteiger partial charge in [0.2, 0.25) is 0 Å². The molecule has 0 radical (unpaired) electrons. The van der Waals surface area contributed by atoms with Crippen LogP contribution in [0.1, 0.15) is 0 Å². The van der Waals surface area contributed by atoms with Crippen molar-refractivity contribution in [1.29, 1.82) is 0 Å². The van der Waals surface area contributed by atoms with E-state index in [1.165, 1.54) is 0 Å². The van der Waals surface area contributed by atoms with E-state index in [1.807, 2.05) is 42.5 Å². The van der Waals surface area contributed by atoms with Gasteiger partial charge in [0.1, 0.15) is 5.75 Å². The zero-order chi connectivity index (χ0) is 11.4. The summed E-state index contributed by atoms with van der Waals surface area (Å²) in [4.78, 5) is 0. The molecular formula is C13H14N2O. The normalized spacial score (nSPS) is 9.81. The molecule has 0 atom stereocenters. The van der Waals surface area contributed by atoms with Crippen LogP contribution in [0.25, 0.3) is 0 Å². The van der Waals surface area contributed by atoms with E-state index in [2.05, 4.69) is 5.32 Å². The molecule has 16 heavy (non-hydrogen) atoms. The van der Waals surface area contributed by atoms with E-state index in [0.29, 0.717) is 5.69 Å². The number of nitrogens with two attached hydrogens (primary N) is 1. The quantitative estimate of drug-likeness (QED) is 0.772. The van der Waals surface area contributed by atoms with Gasteiger partial charge < -0.3 is 15.8 Å². The maximum Gasteiger partial charge on any atom is 0.144 e. The van der Waals surface area contributed by atoms with Crippen LogP contribution in [0.5, 0.6) is 5.75 Å². The molecule has 2 aromatic rings. The third-order valence-electron chi connectivity index (χ3n) is 2.28. The highest BCUT2D eigenvalue weighted by atomic mass is 16.5. The minimum absolute atomic E-state index is 0.690. The fraction of sp³-hybridized carbons (Fsp3) is 0.0769. The number of hydrogen-bond acceptors (Lipinski definition) is 3. The van der Waals surface area contributed by atoms with Gasteiger partial charge in [-0.2, -0.15) is 0 Å². The molecule has 0 saturated carbocycles. The third-order valence-corrected chi connectivity index (χ3v) is 2.28. The van der Waals surface area contributed by atoms with Crippen molar-refractivity contribution in [3.05, 3.63) is 48.5 Å². The van der Waals surface area contributed by atoms with Crippen LogP contribution in [0, 0.1) is 0 Å². The molecule has 82 valence electrons. The Morgan fingerprint density at radius 2 is 1.81 bits per heavy atom. The van der Waals surface area contributed by atoms with Crippen LogP contribution in [0.3, 0.4) is 0 Å². The molecule has 0 heterocycles. The van der Waals surface area contributed by atoms with Gasteiger partial charge in [-0.05, 0) is 24.3 Å². The first-order chi connectivity index (χ1) is 7.79. The van der Waals surface area contributed by atoms with E-state index in [-0.39, 0.29) is 0 Å². The van der Waals surface area contributed by atoms with Gasteiger partial charge in [-0.15, -0.1) is 0 Å². The number of rotatable bonds is 3. The Kier molecular flexibility index (Phi) is 2.96. The summed E-state index contributed by atoms with van der Waals surface area (Å²) >= 11 is 0. The highest BCUT2D eigenvalue weighted by Crippen LogP contribution is 2.29. The van der Waals surface area contributed by atoms with E-state index in [4.69, 9.17) is 10.5 Å². The summed E-state index contributed by atoms with van der Waals surface area (Å²) < 4.78 is 5.26. The highest BCUT2D eigenvalue weighted by molar-refractivity contribution is 5.69. The van der Waals surface area contributed by atoms with Crippen molar-refractivity contribution in [3.8, 4) is 5.75 Å². The van der Waals surface area contributed by atoms with Gasteiger partial charge in [-0.3, -0.25) is 0 Å². The maximum absolute atomic E-state index is 5.69. The van der Waals surface area contributed by atoms with E-state index in [9.17, 15) is 0 Å². The van der Waals surface area contributed by atoms with Crippen molar-refractivity contribution in [1.82, 2.24) is 0 Å². The number of anilines is 3. The number of hydrogen-bond donors (Lipinski definition) is 2. The monoisotopic (exact) mass is 214 g/mol. The predicted molar refractivity (Wildman–Crippen MR) is 67.1 cm³/mol. The Labute approximate surface area is 94.9 Å². The first kappa shape index (κ1) is 10.4. The number of para-hydroxylation sites is 1. The molecular weight excluding hydrogens is 200 g/mol. The Morgan fingerprint density at radius 3 is 2.50 bits per heavy atom. The van der Waals surface area contributed by atoms with Crippen LogP contribution in [-0.4, -0.2) is 7.11 Å². The van der Waals surface area contributed by atoms with Crippen molar-refractivity contribution in [2.45, 2.75) is 0 Å². The molecule has 0 aromatic heterocycles. The standard InChI is InChI=1S/C13H14N2O/c1-16-13-9-10(14)7-8-12(13)15-11-5-3-2-4-6-11/h2-9,15H,14H2,1H3. The predicted octanol–water partition coefficient (Wildman–Crippen LogP) is 3.02. The Bertz CT molecular complexity index is 469. The molecule has 2 aromatic carbocycles. The molecule has 0 spiro atoms. The molecule has 0 saturated heterocycles. The lowest BCUT2D eigenvalue weighted by molar-refractivity contribution is 0.417. The first-order valence-corrected chi connectivity index (χ1v) is 5.05. The average molecular weight is 214 g/mol. The lowest BCUT2D eigenvalue weighted by Crippen LogP contribution is -1.95. The first-order valence-electron chi connectivity index (χ1n) is 5.05. The molecule has 0 unspecified atom stereocenters. The smallest absolute Gasteiger partial charge is 0.144 e. The summed E-state index contributed by atoms with van der Waals surface area (Å²) in [5, 5.41) is 3.27. The lowest BCUT2D eigenvalue weighted by atomic mass is 10.2. The molecule has 0 bridgehead atoms. The number of ether oxygens (including phenoxy) is 1. The molecule has 0 amide bonds. The van der Waals surface area contributed by atoms with E-state index < -0.39 is 0 Å². The van der Waals surface area contributed by atoms with Crippen molar-refractivity contribution in [2.75, 3.05) is 18.2 Å². The summed E-state index contributed by atoms with van der Waals surface area (Å²) in [6.07, 6.45) is 0. The second kappa shape index (κ2) is 4.57. The maximum atomic E-state index is 5.69. The fourth-order valence-electron chi connectivity index (χ4n) is 1.49. The largest absolute Gasteiger partial charge is 0.494 e. The third kappa shape index (κ3) is 2.25. The number of benzene rings is 2. The van der Waals surface area contributed by atoms with Crippen LogP contribution in [0.2, 0.25) is 0 Å². The average Bonchev–Trinajstić information content (AvgIpc) is 2.33. The minimum Gasteiger partial charge on any atom is -0.494 e. The molecule has 3 heteroatoms. The Hall–Kier alpha value is -2.16. The fourth-order valence-corrected chi connectivity index (χ4v) is 1.49. The summed E-state index contributed by atoms with van der Waals surface area (Å²) in [5.74, 6) is 0.740. The zero-order valence-corrected chi connectivity index (χ0v) is 9.10. The second-order valence-electron chi connectivity index (χ2n) is 3.45. The SMILES string of the molecule is COc1cc(N)ccc1Nc1ccccc1. The van der Waals surface area contributed by atoms with Crippen molar-refractivity contribution < 1.29 is 4.74 Å². The zero-order valence-electron chi connectivity index (χ0n) is 9.10. The van der Waals surface area contributed by atoms with Crippen LogP contribution >= 0.6 is 0 Å². The molecule has 0 aliphatic heterocycles. The van der Waals surface area contributed by atoms with Gasteiger partial charge in [0.05, 0.1) is 12.8 Å². The molecule has 2 rings (SSSR count). The molecule has 0 aliphatic rings. The number of nitrogens with one attached hydrogen (secondary N) is 1.